The molecule has 0 saturated carbocycles. The van der Waals surface area contributed by atoms with Gasteiger partial charge in [-0.05, 0) is 31.2 Å². The summed E-state index contributed by atoms with van der Waals surface area (Å²) in [4.78, 5) is 16.3. The van der Waals surface area contributed by atoms with Crippen LogP contribution in [0.15, 0.2) is 45.5 Å². The zero-order valence-electron chi connectivity index (χ0n) is 14.5. The molecule has 1 N–H and O–H groups in total. The van der Waals surface area contributed by atoms with Crippen molar-refractivity contribution in [1.82, 2.24) is 10.1 Å². The first kappa shape index (κ1) is 18.1. The quantitative estimate of drug-likeness (QED) is 0.599. The van der Waals surface area contributed by atoms with Crippen LogP contribution in [0.1, 0.15) is 17.9 Å². The van der Waals surface area contributed by atoms with E-state index in [1.54, 1.807) is 38.1 Å². The zero-order chi connectivity index (χ0) is 18.4. The number of carbonyl (C=O) groups excluding carboxylic acids is 1. The summed E-state index contributed by atoms with van der Waals surface area (Å²) < 4.78 is 15.6. The molecule has 3 aromatic rings. The lowest BCUT2D eigenvalue weighted by atomic mass is 10.2. The monoisotopic (exact) mass is 373 g/mol. The largest absolute Gasteiger partial charge is 0.497 e. The summed E-state index contributed by atoms with van der Waals surface area (Å²) in [5.74, 6) is 3.72. The number of carbonyl (C=O) groups is 1. The van der Waals surface area contributed by atoms with E-state index in [2.05, 4.69) is 15.5 Å². The molecule has 0 atom stereocenters. The van der Waals surface area contributed by atoms with Crippen molar-refractivity contribution in [3.63, 3.8) is 0 Å². The van der Waals surface area contributed by atoms with Crippen molar-refractivity contribution < 1.29 is 18.5 Å². The van der Waals surface area contributed by atoms with Crippen molar-refractivity contribution in [2.24, 2.45) is 0 Å². The molecule has 0 radical (unpaired) electrons. The van der Waals surface area contributed by atoms with E-state index in [9.17, 15) is 4.79 Å². The molecule has 8 heteroatoms. The van der Waals surface area contributed by atoms with Crippen molar-refractivity contribution in [3.8, 4) is 17.2 Å². The second-order valence-electron chi connectivity index (χ2n) is 5.55. The van der Waals surface area contributed by atoms with E-state index in [-0.39, 0.29) is 5.91 Å². The van der Waals surface area contributed by atoms with E-state index in [0.717, 1.165) is 17.0 Å². The van der Waals surface area contributed by atoms with E-state index >= 15 is 0 Å². The number of hydrogen-bond donors (Lipinski definition) is 1. The number of ether oxygens (including phenoxy) is 1. The van der Waals surface area contributed by atoms with Crippen LogP contribution in [0, 0.1) is 6.92 Å². The van der Waals surface area contributed by atoms with Gasteiger partial charge < -0.3 is 19.0 Å². The van der Waals surface area contributed by atoms with Crippen molar-refractivity contribution in [2.45, 2.75) is 19.1 Å². The van der Waals surface area contributed by atoms with E-state index < -0.39 is 0 Å². The predicted octanol–water partition coefficient (Wildman–Crippen LogP) is 3.91. The third kappa shape index (κ3) is 4.89. The summed E-state index contributed by atoms with van der Waals surface area (Å²) in [6, 6.07) is 9.21. The Hall–Kier alpha value is -2.74. The number of nitrogens with zero attached hydrogens (tertiary/aromatic N) is 2. The Balaban J connectivity index is 1.42. The molecule has 2 aromatic heterocycles. The smallest absolute Gasteiger partial charge is 0.226 e. The van der Waals surface area contributed by atoms with Gasteiger partial charge in [0.1, 0.15) is 17.8 Å². The van der Waals surface area contributed by atoms with Crippen LogP contribution in [0.5, 0.6) is 5.75 Å². The van der Waals surface area contributed by atoms with Gasteiger partial charge in [0.15, 0.2) is 5.82 Å². The molecule has 1 amide bonds. The van der Waals surface area contributed by atoms with Crippen LogP contribution < -0.4 is 10.1 Å². The number of nitrogens with one attached hydrogen (secondary N) is 1. The van der Waals surface area contributed by atoms with Crippen molar-refractivity contribution >= 4 is 23.5 Å². The van der Waals surface area contributed by atoms with E-state index in [1.165, 1.54) is 0 Å². The summed E-state index contributed by atoms with van der Waals surface area (Å²) in [6.07, 6.45) is 2.03. The fraction of sp³-hybridized carbons (Fsp3) is 0.278. The number of aromatic nitrogens is 2. The van der Waals surface area contributed by atoms with Crippen molar-refractivity contribution in [1.29, 1.82) is 0 Å². The van der Waals surface area contributed by atoms with Crippen molar-refractivity contribution in [3.05, 3.63) is 48.0 Å². The number of thioether (sulfide) groups is 1. The Kier molecular flexibility index (Phi) is 5.96. The molecule has 2 heterocycles. The molecule has 0 aliphatic rings. The van der Waals surface area contributed by atoms with E-state index in [1.807, 2.05) is 24.3 Å². The van der Waals surface area contributed by atoms with Crippen LogP contribution in [0.3, 0.4) is 0 Å². The first-order valence-corrected chi connectivity index (χ1v) is 9.19. The van der Waals surface area contributed by atoms with Crippen LogP contribution in [0.2, 0.25) is 0 Å². The Bertz CT molecular complexity index is 857. The fourth-order valence-electron chi connectivity index (χ4n) is 2.21. The zero-order valence-corrected chi connectivity index (χ0v) is 15.3. The average Bonchev–Trinajstić information content (AvgIpc) is 3.28. The molecule has 0 fully saturated rings. The van der Waals surface area contributed by atoms with Crippen LogP contribution in [0.4, 0.5) is 5.82 Å². The van der Waals surface area contributed by atoms with Gasteiger partial charge in [0, 0.05) is 29.6 Å². The maximum Gasteiger partial charge on any atom is 0.226 e. The number of aryl methyl sites for hydroxylation is 1. The summed E-state index contributed by atoms with van der Waals surface area (Å²) >= 11 is 1.62. The Morgan fingerprint density at radius 2 is 2.12 bits per heavy atom. The molecule has 26 heavy (non-hydrogen) atoms. The molecule has 0 unspecified atom stereocenters. The van der Waals surface area contributed by atoms with Gasteiger partial charge in [0.2, 0.25) is 11.8 Å². The van der Waals surface area contributed by atoms with Gasteiger partial charge >= 0.3 is 0 Å². The topological polar surface area (TPSA) is 90.4 Å². The van der Waals surface area contributed by atoms with Gasteiger partial charge in [-0.2, -0.15) is 11.8 Å². The highest BCUT2D eigenvalue weighted by Gasteiger charge is 2.09. The summed E-state index contributed by atoms with van der Waals surface area (Å²) in [6.45, 7) is 1.77. The number of rotatable bonds is 8. The van der Waals surface area contributed by atoms with Crippen molar-refractivity contribution in [2.75, 3.05) is 18.2 Å². The number of oxazole rings is 1. The molecule has 0 bridgehead atoms. The van der Waals surface area contributed by atoms with E-state index in [4.69, 9.17) is 13.7 Å². The summed E-state index contributed by atoms with van der Waals surface area (Å²) in [5.41, 5.74) is 1.73. The highest BCUT2D eigenvalue weighted by atomic mass is 32.2. The number of methoxy groups -OCH3 is 1. The predicted molar refractivity (Wildman–Crippen MR) is 99.1 cm³/mol. The maximum atomic E-state index is 11.8. The van der Waals surface area contributed by atoms with Crippen LogP contribution in [-0.4, -0.2) is 28.9 Å². The molecule has 0 aliphatic carbocycles. The van der Waals surface area contributed by atoms with Gasteiger partial charge in [-0.25, -0.2) is 4.98 Å². The lowest BCUT2D eigenvalue weighted by molar-refractivity contribution is -0.115. The third-order valence-corrected chi connectivity index (χ3v) is 4.50. The molecule has 0 saturated heterocycles. The number of anilines is 1. The molecule has 7 nitrogen and oxygen atoms in total. The second kappa shape index (κ2) is 8.57. The normalized spacial score (nSPS) is 10.7. The van der Waals surface area contributed by atoms with Gasteiger partial charge in [0.25, 0.3) is 0 Å². The Labute approximate surface area is 155 Å². The van der Waals surface area contributed by atoms with Gasteiger partial charge in [-0.1, -0.05) is 5.16 Å². The van der Waals surface area contributed by atoms with Gasteiger partial charge in [0.05, 0.1) is 12.8 Å². The minimum absolute atomic E-state index is 0.0927. The molecule has 3 rings (SSSR count). The highest BCUT2D eigenvalue weighted by Crippen LogP contribution is 2.23. The first-order chi connectivity index (χ1) is 12.6. The Morgan fingerprint density at radius 1 is 1.31 bits per heavy atom. The van der Waals surface area contributed by atoms with Crippen LogP contribution in [-0.2, 0) is 10.5 Å². The van der Waals surface area contributed by atoms with Crippen LogP contribution >= 0.6 is 11.8 Å². The number of amides is 1. The standard InChI is InChI=1S/C18H19N3O4S/c1-12-9-16(21-25-12)20-17(22)7-8-26-11-14-10-24-18(19-14)13-3-5-15(23-2)6-4-13/h3-6,9-10H,7-8,11H2,1-2H3,(H,20,21,22). The van der Waals surface area contributed by atoms with E-state index in [0.29, 0.717) is 35.4 Å². The lowest BCUT2D eigenvalue weighted by Crippen LogP contribution is -2.12. The molecule has 0 spiro atoms. The molecular weight excluding hydrogens is 354 g/mol. The molecule has 0 aliphatic heterocycles. The Morgan fingerprint density at radius 3 is 2.81 bits per heavy atom. The maximum absolute atomic E-state index is 11.8. The SMILES string of the molecule is COc1ccc(-c2nc(CSCCC(=O)Nc3cc(C)on3)co2)cc1. The third-order valence-electron chi connectivity index (χ3n) is 3.51. The number of hydrogen-bond acceptors (Lipinski definition) is 7. The molecular formula is C18H19N3O4S. The minimum atomic E-state index is -0.0927. The first-order valence-electron chi connectivity index (χ1n) is 8.04. The van der Waals surface area contributed by atoms with Crippen LogP contribution in [0.25, 0.3) is 11.5 Å². The van der Waals surface area contributed by atoms with Gasteiger partial charge in [-0.15, -0.1) is 0 Å². The summed E-state index contributed by atoms with van der Waals surface area (Å²) in [7, 11) is 1.63. The molecule has 1 aromatic carbocycles. The molecule has 136 valence electrons. The second-order valence-corrected chi connectivity index (χ2v) is 6.65. The fourth-order valence-corrected chi connectivity index (χ4v) is 3.03. The van der Waals surface area contributed by atoms with Gasteiger partial charge in [-0.3, -0.25) is 4.79 Å². The minimum Gasteiger partial charge on any atom is -0.497 e. The number of benzene rings is 1. The average molecular weight is 373 g/mol. The summed E-state index contributed by atoms with van der Waals surface area (Å²) in [5, 5.41) is 6.42. The highest BCUT2D eigenvalue weighted by molar-refractivity contribution is 7.98. The lowest BCUT2D eigenvalue weighted by Gasteiger charge is -2.01.